The Morgan fingerprint density at radius 2 is 2.00 bits per heavy atom. The molecule has 0 unspecified atom stereocenters. The van der Waals surface area contributed by atoms with Gasteiger partial charge >= 0.3 is 0 Å². The van der Waals surface area contributed by atoms with Crippen LogP contribution in [0, 0.1) is 0 Å². The van der Waals surface area contributed by atoms with E-state index >= 15 is 0 Å². The van der Waals surface area contributed by atoms with Crippen molar-refractivity contribution in [3.8, 4) is 11.5 Å². The van der Waals surface area contributed by atoms with Gasteiger partial charge < -0.3 is 14.6 Å². The first-order valence-corrected chi connectivity index (χ1v) is 6.18. The van der Waals surface area contributed by atoms with Crippen LogP contribution in [0.2, 0.25) is 5.02 Å². The summed E-state index contributed by atoms with van der Waals surface area (Å²) in [5.74, 6) is 0.603. The molecule has 1 aliphatic carbocycles. The largest absolute Gasteiger partial charge is 0.449 e. The summed E-state index contributed by atoms with van der Waals surface area (Å²) in [4.78, 5) is 0. The van der Waals surface area contributed by atoms with Crippen LogP contribution in [0.4, 0.5) is 0 Å². The van der Waals surface area contributed by atoms with E-state index < -0.39 is 11.4 Å². The molecule has 1 fully saturated rings. The lowest BCUT2D eigenvalue weighted by Gasteiger charge is -2.16. The predicted molar refractivity (Wildman–Crippen MR) is 64.7 cm³/mol. The first-order chi connectivity index (χ1) is 7.87. The summed E-state index contributed by atoms with van der Waals surface area (Å²) < 4.78 is 11.3. The maximum atomic E-state index is 9.91. The zero-order chi connectivity index (χ0) is 12.3. The monoisotopic (exact) mass is 254 g/mol. The zero-order valence-corrected chi connectivity index (χ0v) is 10.7. The number of halogens is 1. The Bertz CT molecular complexity index is 478. The Morgan fingerprint density at radius 1 is 1.29 bits per heavy atom. The molecule has 0 amide bonds. The van der Waals surface area contributed by atoms with Crippen LogP contribution in [0.25, 0.3) is 0 Å². The molecule has 4 heteroatoms. The van der Waals surface area contributed by atoms with Crippen molar-refractivity contribution in [3.05, 3.63) is 22.7 Å². The molecule has 0 atom stereocenters. The van der Waals surface area contributed by atoms with Gasteiger partial charge in [0.2, 0.25) is 5.79 Å². The molecule has 2 aliphatic rings. The Hall–Kier alpha value is -0.930. The highest BCUT2D eigenvalue weighted by Gasteiger charge is 2.41. The predicted octanol–water partition coefficient (Wildman–Crippen LogP) is 2.91. The van der Waals surface area contributed by atoms with E-state index in [1.807, 2.05) is 26.0 Å². The van der Waals surface area contributed by atoms with E-state index in [4.69, 9.17) is 21.1 Å². The normalized spacial score (nSPS) is 22.6. The number of fused-ring (bicyclic) bond motifs is 1. The first kappa shape index (κ1) is 11.2. The lowest BCUT2D eigenvalue weighted by molar-refractivity contribution is -0.0431. The number of hydrogen-bond acceptors (Lipinski definition) is 3. The molecule has 1 aromatic rings. The van der Waals surface area contributed by atoms with Crippen molar-refractivity contribution < 1.29 is 14.6 Å². The highest BCUT2D eigenvalue weighted by molar-refractivity contribution is 6.32. The molecule has 0 spiro atoms. The highest BCUT2D eigenvalue weighted by Crippen LogP contribution is 2.46. The quantitative estimate of drug-likeness (QED) is 0.882. The van der Waals surface area contributed by atoms with Gasteiger partial charge in [0.25, 0.3) is 0 Å². The second-order valence-electron chi connectivity index (χ2n) is 5.41. The van der Waals surface area contributed by atoms with Gasteiger partial charge in [0.05, 0.1) is 10.6 Å². The van der Waals surface area contributed by atoms with Crippen LogP contribution in [-0.2, 0) is 6.42 Å². The topological polar surface area (TPSA) is 38.7 Å². The third-order valence-electron chi connectivity index (χ3n) is 3.13. The van der Waals surface area contributed by atoms with E-state index in [-0.39, 0.29) is 0 Å². The van der Waals surface area contributed by atoms with Crippen molar-refractivity contribution in [2.75, 3.05) is 0 Å². The van der Waals surface area contributed by atoms with Gasteiger partial charge in [-0.1, -0.05) is 11.6 Å². The molecule has 1 heterocycles. The number of ether oxygens (including phenoxy) is 2. The smallest absolute Gasteiger partial charge is 0.246 e. The molecule has 1 aromatic carbocycles. The molecule has 3 rings (SSSR count). The summed E-state index contributed by atoms with van der Waals surface area (Å²) in [6, 6.07) is 3.76. The summed E-state index contributed by atoms with van der Waals surface area (Å²) in [5, 5.41) is 10.5. The summed E-state index contributed by atoms with van der Waals surface area (Å²) in [6.45, 7) is 3.69. The van der Waals surface area contributed by atoms with Gasteiger partial charge in [0.1, 0.15) is 0 Å². The van der Waals surface area contributed by atoms with E-state index in [0.29, 0.717) is 22.9 Å². The lowest BCUT2D eigenvalue weighted by Crippen LogP contribution is -2.29. The summed E-state index contributed by atoms with van der Waals surface area (Å²) in [6.07, 6.45) is 2.36. The van der Waals surface area contributed by atoms with Gasteiger partial charge in [-0.25, -0.2) is 0 Å². The average molecular weight is 255 g/mol. The second-order valence-corrected chi connectivity index (χ2v) is 5.82. The first-order valence-electron chi connectivity index (χ1n) is 5.80. The summed E-state index contributed by atoms with van der Waals surface area (Å²) in [5.41, 5.74) is 0.474. The lowest BCUT2D eigenvalue weighted by atomic mass is 10.1. The fraction of sp³-hybridized carbons (Fsp3) is 0.538. The van der Waals surface area contributed by atoms with Gasteiger partial charge in [-0.2, -0.15) is 0 Å². The Morgan fingerprint density at radius 3 is 2.65 bits per heavy atom. The van der Waals surface area contributed by atoms with E-state index in [2.05, 4.69) is 0 Å². The number of hydrogen-bond donors (Lipinski definition) is 1. The molecule has 0 saturated heterocycles. The highest BCUT2D eigenvalue weighted by atomic mass is 35.5. The maximum Gasteiger partial charge on any atom is 0.246 e. The molecule has 92 valence electrons. The molecule has 1 aliphatic heterocycles. The molecular weight excluding hydrogens is 240 g/mol. The molecule has 1 saturated carbocycles. The molecule has 3 nitrogen and oxygen atoms in total. The SMILES string of the molecule is CC1(C)Oc2cc(CC3(O)CC3)cc(Cl)c2O1. The number of benzene rings is 1. The summed E-state index contributed by atoms with van der Waals surface area (Å²) in [7, 11) is 0. The van der Waals surface area contributed by atoms with Gasteiger partial charge in [0.15, 0.2) is 11.5 Å². The van der Waals surface area contributed by atoms with Gasteiger partial charge in [-0.3, -0.25) is 0 Å². The van der Waals surface area contributed by atoms with E-state index in [1.54, 1.807) is 0 Å². The third-order valence-corrected chi connectivity index (χ3v) is 3.41. The van der Waals surface area contributed by atoms with Crippen molar-refractivity contribution in [1.82, 2.24) is 0 Å². The van der Waals surface area contributed by atoms with Gasteiger partial charge in [-0.05, 0) is 30.5 Å². The second kappa shape index (κ2) is 3.30. The molecule has 0 radical (unpaired) electrons. The maximum absolute atomic E-state index is 9.91. The van der Waals surface area contributed by atoms with Crippen LogP contribution < -0.4 is 9.47 Å². The van der Waals surface area contributed by atoms with Crippen LogP contribution in [0.15, 0.2) is 12.1 Å². The fourth-order valence-corrected chi connectivity index (χ4v) is 2.40. The van der Waals surface area contributed by atoms with Crippen molar-refractivity contribution >= 4 is 11.6 Å². The van der Waals surface area contributed by atoms with Gasteiger partial charge in [0, 0.05) is 20.3 Å². The van der Waals surface area contributed by atoms with E-state index in [9.17, 15) is 5.11 Å². The standard InChI is InChI=1S/C13H15ClO3/c1-12(2)16-10-6-8(7-13(15)3-4-13)5-9(14)11(10)17-12/h5-6,15H,3-4,7H2,1-2H3. The molecule has 17 heavy (non-hydrogen) atoms. The van der Waals surface area contributed by atoms with Crippen molar-refractivity contribution in [3.63, 3.8) is 0 Å². The van der Waals surface area contributed by atoms with Crippen LogP contribution in [0.1, 0.15) is 32.3 Å². The van der Waals surface area contributed by atoms with Crippen molar-refractivity contribution in [1.29, 1.82) is 0 Å². The Labute approximate surface area is 105 Å². The third kappa shape index (κ3) is 2.09. The summed E-state index contributed by atoms with van der Waals surface area (Å²) >= 11 is 6.16. The minimum atomic E-state index is -0.666. The van der Waals surface area contributed by atoms with Gasteiger partial charge in [-0.15, -0.1) is 0 Å². The molecular formula is C13H15ClO3. The minimum Gasteiger partial charge on any atom is -0.449 e. The van der Waals surface area contributed by atoms with Crippen molar-refractivity contribution in [2.45, 2.75) is 44.5 Å². The van der Waals surface area contributed by atoms with Crippen LogP contribution in [0.3, 0.4) is 0 Å². The Kier molecular flexibility index (Phi) is 2.17. The molecule has 0 bridgehead atoms. The van der Waals surface area contributed by atoms with Crippen LogP contribution in [-0.4, -0.2) is 16.5 Å². The average Bonchev–Trinajstić information content (AvgIpc) is 2.79. The molecule has 0 aromatic heterocycles. The van der Waals surface area contributed by atoms with Crippen LogP contribution >= 0.6 is 11.6 Å². The van der Waals surface area contributed by atoms with Crippen molar-refractivity contribution in [2.24, 2.45) is 0 Å². The Balaban J connectivity index is 1.92. The molecule has 1 N–H and O–H groups in total. The van der Waals surface area contributed by atoms with Crippen LogP contribution in [0.5, 0.6) is 11.5 Å². The van der Waals surface area contributed by atoms with E-state index in [1.165, 1.54) is 0 Å². The minimum absolute atomic E-state index is 0.521. The number of aliphatic hydroxyl groups is 1. The van der Waals surface area contributed by atoms with E-state index in [0.717, 1.165) is 18.4 Å². The number of rotatable bonds is 2. The zero-order valence-electron chi connectivity index (χ0n) is 9.92. The fourth-order valence-electron chi connectivity index (χ4n) is 2.13.